The standard InChI is InChI=1S/C11H12O3/c1-2-5-13-9-3-4-10-8(6-9)7-11(12)14-10/h3-4,6H,2,5,7H2,1H3. The maximum Gasteiger partial charge on any atom is 0.315 e. The van der Waals surface area contributed by atoms with Gasteiger partial charge in [-0.25, -0.2) is 0 Å². The molecule has 0 aliphatic carbocycles. The zero-order valence-electron chi connectivity index (χ0n) is 8.08. The second kappa shape index (κ2) is 3.70. The van der Waals surface area contributed by atoms with Gasteiger partial charge in [-0.2, -0.15) is 0 Å². The Balaban J connectivity index is 2.16. The second-order valence-electron chi connectivity index (χ2n) is 3.27. The van der Waals surface area contributed by atoms with Crippen LogP contribution in [-0.2, 0) is 11.2 Å². The van der Waals surface area contributed by atoms with Crippen molar-refractivity contribution in [1.82, 2.24) is 0 Å². The normalized spacial score (nSPS) is 13.6. The molecule has 0 atom stereocenters. The Kier molecular flexibility index (Phi) is 2.39. The molecular weight excluding hydrogens is 180 g/mol. The van der Waals surface area contributed by atoms with E-state index >= 15 is 0 Å². The van der Waals surface area contributed by atoms with Crippen LogP contribution < -0.4 is 9.47 Å². The van der Waals surface area contributed by atoms with Crippen LogP contribution >= 0.6 is 0 Å². The fraction of sp³-hybridized carbons (Fsp3) is 0.364. The Hall–Kier alpha value is -1.51. The number of benzene rings is 1. The molecule has 0 spiro atoms. The molecule has 0 bridgehead atoms. The van der Waals surface area contributed by atoms with Gasteiger partial charge in [0.15, 0.2) is 0 Å². The molecule has 0 amide bonds. The van der Waals surface area contributed by atoms with Gasteiger partial charge in [-0.1, -0.05) is 6.92 Å². The van der Waals surface area contributed by atoms with E-state index in [1.807, 2.05) is 12.1 Å². The van der Waals surface area contributed by atoms with Crippen LogP contribution in [0.1, 0.15) is 18.9 Å². The van der Waals surface area contributed by atoms with E-state index in [9.17, 15) is 4.79 Å². The van der Waals surface area contributed by atoms with E-state index in [0.717, 1.165) is 17.7 Å². The summed E-state index contributed by atoms with van der Waals surface area (Å²) in [6.07, 6.45) is 1.34. The van der Waals surface area contributed by atoms with Crippen molar-refractivity contribution in [2.75, 3.05) is 6.61 Å². The molecule has 3 heteroatoms. The van der Waals surface area contributed by atoms with E-state index in [0.29, 0.717) is 18.8 Å². The number of ether oxygens (including phenoxy) is 2. The molecule has 0 N–H and O–H groups in total. The van der Waals surface area contributed by atoms with Crippen LogP contribution in [0.4, 0.5) is 0 Å². The number of esters is 1. The maximum atomic E-state index is 11.0. The zero-order valence-corrected chi connectivity index (χ0v) is 8.08. The molecule has 1 aromatic rings. The average molecular weight is 192 g/mol. The summed E-state index contributed by atoms with van der Waals surface area (Å²) < 4.78 is 10.4. The molecule has 0 saturated carbocycles. The molecule has 0 fully saturated rings. The minimum Gasteiger partial charge on any atom is -0.494 e. The lowest BCUT2D eigenvalue weighted by atomic mass is 10.1. The highest BCUT2D eigenvalue weighted by molar-refractivity contribution is 5.81. The van der Waals surface area contributed by atoms with Gasteiger partial charge < -0.3 is 9.47 Å². The van der Waals surface area contributed by atoms with Gasteiger partial charge in [0.25, 0.3) is 0 Å². The van der Waals surface area contributed by atoms with E-state index in [-0.39, 0.29) is 5.97 Å². The van der Waals surface area contributed by atoms with Crippen LogP contribution in [0.5, 0.6) is 11.5 Å². The van der Waals surface area contributed by atoms with Gasteiger partial charge in [-0.05, 0) is 24.6 Å². The third kappa shape index (κ3) is 1.71. The van der Waals surface area contributed by atoms with Gasteiger partial charge in [-0.3, -0.25) is 4.79 Å². The molecule has 14 heavy (non-hydrogen) atoms. The first-order valence-electron chi connectivity index (χ1n) is 4.76. The minimum absolute atomic E-state index is 0.187. The Morgan fingerprint density at radius 2 is 2.36 bits per heavy atom. The number of hydrogen-bond donors (Lipinski definition) is 0. The Bertz CT molecular complexity index is 358. The number of hydrogen-bond acceptors (Lipinski definition) is 3. The van der Waals surface area contributed by atoms with Gasteiger partial charge >= 0.3 is 5.97 Å². The minimum atomic E-state index is -0.187. The largest absolute Gasteiger partial charge is 0.494 e. The van der Waals surface area contributed by atoms with Crippen molar-refractivity contribution in [3.63, 3.8) is 0 Å². The first kappa shape index (κ1) is 9.06. The molecule has 0 aromatic heterocycles. The van der Waals surface area contributed by atoms with E-state index in [4.69, 9.17) is 9.47 Å². The van der Waals surface area contributed by atoms with Crippen LogP contribution in [0.25, 0.3) is 0 Å². The highest BCUT2D eigenvalue weighted by atomic mass is 16.5. The fourth-order valence-corrected chi connectivity index (χ4v) is 1.42. The number of fused-ring (bicyclic) bond motifs is 1. The molecule has 0 unspecified atom stereocenters. The maximum absolute atomic E-state index is 11.0. The van der Waals surface area contributed by atoms with Gasteiger partial charge in [0.2, 0.25) is 0 Å². The molecule has 1 aliphatic heterocycles. The van der Waals surface area contributed by atoms with Crippen molar-refractivity contribution >= 4 is 5.97 Å². The monoisotopic (exact) mass is 192 g/mol. The van der Waals surface area contributed by atoms with Gasteiger partial charge in [0.05, 0.1) is 13.0 Å². The molecule has 74 valence electrons. The van der Waals surface area contributed by atoms with Gasteiger partial charge in [0, 0.05) is 5.56 Å². The summed E-state index contributed by atoms with van der Waals surface area (Å²) in [6, 6.07) is 5.48. The summed E-state index contributed by atoms with van der Waals surface area (Å²) in [5.74, 6) is 1.29. The van der Waals surface area contributed by atoms with Crippen LogP contribution in [0.15, 0.2) is 18.2 Å². The van der Waals surface area contributed by atoms with E-state index in [1.165, 1.54) is 0 Å². The SMILES string of the molecule is CCCOc1ccc2c(c1)CC(=O)O2. The van der Waals surface area contributed by atoms with Crippen molar-refractivity contribution < 1.29 is 14.3 Å². The third-order valence-corrected chi connectivity index (χ3v) is 2.06. The smallest absolute Gasteiger partial charge is 0.315 e. The third-order valence-electron chi connectivity index (χ3n) is 2.06. The predicted octanol–water partition coefficient (Wildman–Crippen LogP) is 1.94. The Morgan fingerprint density at radius 3 is 3.14 bits per heavy atom. The van der Waals surface area contributed by atoms with Crippen LogP contribution in [0, 0.1) is 0 Å². The summed E-state index contributed by atoms with van der Waals surface area (Å²) >= 11 is 0. The predicted molar refractivity (Wildman–Crippen MR) is 51.6 cm³/mol. The molecule has 0 radical (unpaired) electrons. The van der Waals surface area contributed by atoms with Crippen molar-refractivity contribution in [3.8, 4) is 11.5 Å². The molecule has 0 saturated heterocycles. The quantitative estimate of drug-likeness (QED) is 0.542. The summed E-state index contributed by atoms with van der Waals surface area (Å²) in [6.45, 7) is 2.76. The Morgan fingerprint density at radius 1 is 1.50 bits per heavy atom. The van der Waals surface area contributed by atoms with E-state index in [1.54, 1.807) is 6.07 Å². The molecule has 1 aromatic carbocycles. The van der Waals surface area contributed by atoms with Crippen LogP contribution in [0.2, 0.25) is 0 Å². The average Bonchev–Trinajstić information content (AvgIpc) is 2.54. The zero-order chi connectivity index (χ0) is 9.97. The van der Waals surface area contributed by atoms with E-state index in [2.05, 4.69) is 6.92 Å². The summed E-state index contributed by atoms with van der Waals surface area (Å²) in [4.78, 5) is 11.0. The highest BCUT2D eigenvalue weighted by Gasteiger charge is 2.20. The fourth-order valence-electron chi connectivity index (χ4n) is 1.42. The molecule has 2 rings (SSSR count). The van der Waals surface area contributed by atoms with Crippen molar-refractivity contribution in [3.05, 3.63) is 23.8 Å². The highest BCUT2D eigenvalue weighted by Crippen LogP contribution is 2.29. The molecular formula is C11H12O3. The first-order valence-corrected chi connectivity index (χ1v) is 4.76. The van der Waals surface area contributed by atoms with E-state index < -0.39 is 0 Å². The number of rotatable bonds is 3. The summed E-state index contributed by atoms with van der Waals surface area (Å²) in [5.41, 5.74) is 0.920. The molecule has 1 heterocycles. The lowest BCUT2D eigenvalue weighted by Crippen LogP contribution is -2.00. The lowest BCUT2D eigenvalue weighted by Gasteiger charge is -2.05. The van der Waals surface area contributed by atoms with Crippen LogP contribution in [0.3, 0.4) is 0 Å². The van der Waals surface area contributed by atoms with Crippen molar-refractivity contribution in [2.24, 2.45) is 0 Å². The number of carbonyl (C=O) groups excluding carboxylic acids is 1. The summed E-state index contributed by atoms with van der Waals surface area (Å²) in [5, 5.41) is 0. The summed E-state index contributed by atoms with van der Waals surface area (Å²) in [7, 11) is 0. The van der Waals surface area contributed by atoms with Crippen LogP contribution in [-0.4, -0.2) is 12.6 Å². The second-order valence-corrected chi connectivity index (χ2v) is 3.27. The van der Waals surface area contributed by atoms with Gasteiger partial charge in [0.1, 0.15) is 11.5 Å². The Labute approximate surface area is 82.6 Å². The number of carbonyl (C=O) groups is 1. The van der Waals surface area contributed by atoms with Gasteiger partial charge in [-0.15, -0.1) is 0 Å². The van der Waals surface area contributed by atoms with Crippen molar-refractivity contribution in [1.29, 1.82) is 0 Å². The molecule has 3 nitrogen and oxygen atoms in total. The van der Waals surface area contributed by atoms with Crippen molar-refractivity contribution in [2.45, 2.75) is 19.8 Å². The lowest BCUT2D eigenvalue weighted by molar-refractivity contribution is -0.131. The molecule has 1 aliphatic rings. The first-order chi connectivity index (χ1) is 6.79. The topological polar surface area (TPSA) is 35.5 Å².